The second kappa shape index (κ2) is 8.97. The molecule has 2 rings (SSSR count). The first-order valence-corrected chi connectivity index (χ1v) is 8.67. The molecule has 0 radical (unpaired) electrons. The number of nitrogens with zero attached hydrogens (tertiary/aromatic N) is 1. The molecule has 0 aliphatic carbocycles. The first-order chi connectivity index (χ1) is 12.0. The Morgan fingerprint density at radius 2 is 2.00 bits per heavy atom. The lowest BCUT2D eigenvalue weighted by atomic mass is 10.2. The third kappa shape index (κ3) is 6.03. The molecule has 0 aliphatic heterocycles. The van der Waals surface area contributed by atoms with Gasteiger partial charge in [0, 0.05) is 24.4 Å². The van der Waals surface area contributed by atoms with Gasteiger partial charge in [-0.2, -0.15) is 0 Å². The highest BCUT2D eigenvalue weighted by Gasteiger charge is 2.13. The van der Waals surface area contributed by atoms with Gasteiger partial charge in [-0.3, -0.25) is 19.7 Å². The fraction of sp³-hybridized carbons (Fsp3) is 0.375. The normalized spacial score (nSPS) is 10.5. The summed E-state index contributed by atoms with van der Waals surface area (Å²) < 4.78 is 5.00. The van der Waals surface area contributed by atoms with Crippen LogP contribution in [0.3, 0.4) is 0 Å². The highest BCUT2D eigenvalue weighted by molar-refractivity contribution is 7.14. The second-order valence-corrected chi connectivity index (χ2v) is 6.41. The van der Waals surface area contributed by atoms with E-state index < -0.39 is 5.91 Å². The van der Waals surface area contributed by atoms with Crippen LogP contribution in [0.4, 0.5) is 5.13 Å². The summed E-state index contributed by atoms with van der Waals surface area (Å²) in [6.45, 7) is 4.34. The Labute approximate surface area is 149 Å². The number of hydrogen-bond acceptors (Lipinski definition) is 6. The summed E-state index contributed by atoms with van der Waals surface area (Å²) in [6.07, 6.45) is 1.52. The van der Waals surface area contributed by atoms with Gasteiger partial charge < -0.3 is 15.1 Å². The Hall–Kier alpha value is -2.68. The minimum Gasteiger partial charge on any atom is -0.459 e. The summed E-state index contributed by atoms with van der Waals surface area (Å²) in [5, 5.41) is 10.1. The Balaban J connectivity index is 1.72. The molecule has 0 fully saturated rings. The lowest BCUT2D eigenvalue weighted by molar-refractivity contribution is -0.124. The largest absolute Gasteiger partial charge is 0.459 e. The average molecular weight is 364 g/mol. The Bertz CT molecular complexity index is 724. The van der Waals surface area contributed by atoms with Gasteiger partial charge in [0.05, 0.1) is 18.4 Å². The van der Waals surface area contributed by atoms with Crippen LogP contribution in [-0.4, -0.2) is 35.8 Å². The number of anilines is 1. The number of carbonyl (C=O) groups is 3. The van der Waals surface area contributed by atoms with Crippen LogP contribution < -0.4 is 16.0 Å². The zero-order valence-corrected chi connectivity index (χ0v) is 14.8. The zero-order chi connectivity index (χ0) is 18.2. The molecule has 134 valence electrons. The van der Waals surface area contributed by atoms with Crippen LogP contribution in [0.1, 0.15) is 30.1 Å². The number of furan rings is 1. The van der Waals surface area contributed by atoms with E-state index in [1.807, 2.05) is 0 Å². The lowest BCUT2D eigenvalue weighted by Crippen LogP contribution is -2.36. The maximum absolute atomic E-state index is 11.8. The van der Waals surface area contributed by atoms with Crippen molar-refractivity contribution in [1.82, 2.24) is 15.6 Å². The van der Waals surface area contributed by atoms with Crippen LogP contribution >= 0.6 is 11.3 Å². The molecule has 0 aromatic carbocycles. The Morgan fingerprint density at radius 1 is 1.24 bits per heavy atom. The predicted molar refractivity (Wildman–Crippen MR) is 93.3 cm³/mol. The van der Waals surface area contributed by atoms with Crippen molar-refractivity contribution < 1.29 is 18.8 Å². The van der Waals surface area contributed by atoms with Crippen LogP contribution in [-0.2, 0) is 16.0 Å². The molecule has 9 heteroatoms. The van der Waals surface area contributed by atoms with E-state index in [-0.39, 0.29) is 29.9 Å². The van der Waals surface area contributed by atoms with Crippen molar-refractivity contribution in [3.63, 3.8) is 0 Å². The maximum Gasteiger partial charge on any atom is 0.293 e. The van der Waals surface area contributed by atoms with Gasteiger partial charge in [-0.1, -0.05) is 13.8 Å². The SMILES string of the molecule is CC(C)C(=O)NCCNC(=O)Cc1csc(NC(=O)c2ccco2)n1. The molecule has 0 bridgehead atoms. The first kappa shape index (κ1) is 18.7. The van der Waals surface area contributed by atoms with Gasteiger partial charge in [0.2, 0.25) is 11.8 Å². The van der Waals surface area contributed by atoms with E-state index in [1.54, 1.807) is 31.4 Å². The molecule has 2 aromatic rings. The molecule has 0 saturated heterocycles. The van der Waals surface area contributed by atoms with E-state index in [2.05, 4.69) is 20.9 Å². The van der Waals surface area contributed by atoms with E-state index in [0.717, 1.165) is 0 Å². The van der Waals surface area contributed by atoms with Gasteiger partial charge in [-0.05, 0) is 12.1 Å². The number of carbonyl (C=O) groups excluding carboxylic acids is 3. The molecule has 0 saturated carbocycles. The summed E-state index contributed by atoms with van der Waals surface area (Å²) in [7, 11) is 0. The third-order valence-corrected chi connectivity index (χ3v) is 3.94. The number of hydrogen-bond donors (Lipinski definition) is 3. The van der Waals surface area contributed by atoms with Gasteiger partial charge in [0.1, 0.15) is 0 Å². The Morgan fingerprint density at radius 3 is 2.68 bits per heavy atom. The molecule has 2 heterocycles. The predicted octanol–water partition coefficient (Wildman–Crippen LogP) is 1.42. The highest BCUT2D eigenvalue weighted by atomic mass is 32.1. The minimum absolute atomic E-state index is 0.0503. The van der Waals surface area contributed by atoms with Gasteiger partial charge in [0.25, 0.3) is 5.91 Å². The van der Waals surface area contributed by atoms with Crippen LogP contribution in [0.5, 0.6) is 0 Å². The number of thiazole rings is 1. The molecule has 8 nitrogen and oxygen atoms in total. The van der Waals surface area contributed by atoms with E-state index in [1.165, 1.54) is 17.6 Å². The van der Waals surface area contributed by atoms with E-state index in [9.17, 15) is 14.4 Å². The molecule has 0 unspecified atom stereocenters. The summed E-state index contributed by atoms with van der Waals surface area (Å²) in [6, 6.07) is 3.17. The molecular weight excluding hydrogens is 344 g/mol. The van der Waals surface area contributed by atoms with Crippen molar-refractivity contribution in [2.75, 3.05) is 18.4 Å². The maximum atomic E-state index is 11.8. The minimum atomic E-state index is -0.392. The van der Waals surface area contributed by atoms with Crippen LogP contribution in [0.15, 0.2) is 28.2 Å². The Kier molecular flexibility index (Phi) is 6.70. The molecule has 0 aliphatic rings. The quantitative estimate of drug-likeness (QED) is 0.613. The summed E-state index contributed by atoms with van der Waals surface area (Å²) >= 11 is 1.23. The fourth-order valence-corrected chi connectivity index (χ4v) is 2.54. The average Bonchev–Trinajstić information content (AvgIpc) is 3.23. The van der Waals surface area contributed by atoms with Gasteiger partial charge in [-0.25, -0.2) is 4.98 Å². The van der Waals surface area contributed by atoms with Gasteiger partial charge in [0.15, 0.2) is 10.9 Å². The molecule has 25 heavy (non-hydrogen) atoms. The van der Waals surface area contributed by atoms with Crippen molar-refractivity contribution in [1.29, 1.82) is 0 Å². The summed E-state index contributed by atoms with van der Waals surface area (Å²) in [4.78, 5) is 39.3. The highest BCUT2D eigenvalue weighted by Crippen LogP contribution is 2.17. The summed E-state index contributed by atoms with van der Waals surface area (Å²) in [5.74, 6) is -0.534. The monoisotopic (exact) mass is 364 g/mol. The van der Waals surface area contributed by atoms with Crippen molar-refractivity contribution in [3.8, 4) is 0 Å². The molecular formula is C16H20N4O4S. The third-order valence-electron chi connectivity index (χ3n) is 3.13. The van der Waals surface area contributed by atoms with Crippen molar-refractivity contribution in [3.05, 3.63) is 35.2 Å². The first-order valence-electron chi connectivity index (χ1n) is 7.79. The molecule has 2 aromatic heterocycles. The standard InChI is InChI=1S/C16H20N4O4S/c1-10(2)14(22)18-6-5-17-13(21)8-11-9-25-16(19-11)20-15(23)12-4-3-7-24-12/h3-4,7,9-10H,5-6,8H2,1-2H3,(H,17,21)(H,18,22)(H,19,20,23). The van der Waals surface area contributed by atoms with E-state index in [0.29, 0.717) is 23.9 Å². The van der Waals surface area contributed by atoms with E-state index in [4.69, 9.17) is 4.42 Å². The topological polar surface area (TPSA) is 113 Å². The smallest absolute Gasteiger partial charge is 0.293 e. The fourth-order valence-electron chi connectivity index (χ4n) is 1.83. The molecule has 3 amide bonds. The van der Waals surface area contributed by atoms with Crippen molar-refractivity contribution >= 4 is 34.2 Å². The lowest BCUT2D eigenvalue weighted by Gasteiger charge is -2.08. The molecule has 3 N–H and O–H groups in total. The van der Waals surface area contributed by atoms with Crippen molar-refractivity contribution in [2.45, 2.75) is 20.3 Å². The van der Waals surface area contributed by atoms with Crippen LogP contribution in [0, 0.1) is 5.92 Å². The van der Waals surface area contributed by atoms with Gasteiger partial charge in [-0.15, -0.1) is 11.3 Å². The molecule has 0 atom stereocenters. The van der Waals surface area contributed by atoms with Crippen molar-refractivity contribution in [2.24, 2.45) is 5.92 Å². The number of amides is 3. The summed E-state index contributed by atoms with van der Waals surface area (Å²) in [5.41, 5.74) is 0.559. The van der Waals surface area contributed by atoms with Gasteiger partial charge >= 0.3 is 0 Å². The molecule has 0 spiro atoms. The second-order valence-electron chi connectivity index (χ2n) is 5.55. The number of rotatable bonds is 8. The number of nitrogens with one attached hydrogen (secondary N) is 3. The zero-order valence-electron chi connectivity index (χ0n) is 14.0. The number of aromatic nitrogens is 1. The van der Waals surface area contributed by atoms with Crippen LogP contribution in [0.2, 0.25) is 0 Å². The van der Waals surface area contributed by atoms with Crippen LogP contribution in [0.25, 0.3) is 0 Å². The van der Waals surface area contributed by atoms with E-state index >= 15 is 0 Å².